The summed E-state index contributed by atoms with van der Waals surface area (Å²) >= 11 is 0. The number of hydrogen-bond acceptors (Lipinski definition) is 3. The van der Waals surface area contributed by atoms with Gasteiger partial charge >= 0.3 is 5.97 Å². The van der Waals surface area contributed by atoms with Crippen LogP contribution in [0.3, 0.4) is 0 Å². The third-order valence-corrected chi connectivity index (χ3v) is 2.68. The van der Waals surface area contributed by atoms with Gasteiger partial charge in [0.15, 0.2) is 0 Å². The molecular formula is C16H15FO3. The van der Waals surface area contributed by atoms with Gasteiger partial charge in [0, 0.05) is 0 Å². The molecule has 0 unspecified atom stereocenters. The Hall–Kier alpha value is -2.36. The molecular weight excluding hydrogens is 259 g/mol. The summed E-state index contributed by atoms with van der Waals surface area (Å²) < 4.78 is 23.9. The molecule has 2 aromatic rings. The normalized spacial score (nSPS) is 10.1. The van der Waals surface area contributed by atoms with Crippen LogP contribution in [0.1, 0.15) is 22.8 Å². The van der Waals surface area contributed by atoms with E-state index in [-0.39, 0.29) is 12.2 Å². The molecule has 0 bridgehead atoms. The lowest BCUT2D eigenvalue weighted by molar-refractivity contribution is 0.0520. The zero-order chi connectivity index (χ0) is 14.4. The molecule has 20 heavy (non-hydrogen) atoms. The van der Waals surface area contributed by atoms with Crippen molar-refractivity contribution in [2.75, 3.05) is 6.61 Å². The van der Waals surface area contributed by atoms with E-state index >= 15 is 0 Å². The minimum absolute atomic E-state index is 0.114. The average molecular weight is 274 g/mol. The first-order chi connectivity index (χ1) is 9.70. The summed E-state index contributed by atoms with van der Waals surface area (Å²) in [7, 11) is 0. The van der Waals surface area contributed by atoms with Crippen molar-refractivity contribution >= 4 is 5.97 Å². The van der Waals surface area contributed by atoms with Crippen LogP contribution >= 0.6 is 0 Å². The quantitative estimate of drug-likeness (QED) is 0.782. The first-order valence-electron chi connectivity index (χ1n) is 6.34. The fraction of sp³-hybridized carbons (Fsp3) is 0.188. The Balaban J connectivity index is 2.09. The minimum Gasteiger partial charge on any atom is -0.489 e. The highest BCUT2D eigenvalue weighted by atomic mass is 19.1. The number of benzene rings is 2. The van der Waals surface area contributed by atoms with E-state index in [2.05, 4.69) is 0 Å². The van der Waals surface area contributed by atoms with E-state index in [1.807, 2.05) is 30.3 Å². The van der Waals surface area contributed by atoms with Crippen molar-refractivity contribution in [1.82, 2.24) is 0 Å². The van der Waals surface area contributed by atoms with Gasteiger partial charge in [0.05, 0.1) is 12.2 Å². The monoisotopic (exact) mass is 274 g/mol. The van der Waals surface area contributed by atoms with E-state index in [0.717, 1.165) is 5.56 Å². The Bertz CT molecular complexity index is 582. The molecule has 0 saturated heterocycles. The van der Waals surface area contributed by atoms with Crippen LogP contribution in [-0.4, -0.2) is 12.6 Å². The smallest absolute Gasteiger partial charge is 0.341 e. The number of ether oxygens (including phenoxy) is 2. The molecule has 0 aliphatic heterocycles. The maximum atomic E-state index is 13.6. The second-order valence-corrected chi connectivity index (χ2v) is 4.14. The van der Waals surface area contributed by atoms with Gasteiger partial charge < -0.3 is 9.47 Å². The van der Waals surface area contributed by atoms with Gasteiger partial charge in [0.1, 0.15) is 18.2 Å². The largest absolute Gasteiger partial charge is 0.489 e. The summed E-state index contributed by atoms with van der Waals surface area (Å²) in [6, 6.07) is 13.6. The van der Waals surface area contributed by atoms with Crippen molar-refractivity contribution in [3.8, 4) is 5.75 Å². The molecule has 0 aliphatic rings. The van der Waals surface area contributed by atoms with E-state index in [9.17, 15) is 9.18 Å². The van der Waals surface area contributed by atoms with Gasteiger partial charge in [-0.2, -0.15) is 0 Å². The summed E-state index contributed by atoms with van der Waals surface area (Å²) in [5.74, 6) is -0.871. The van der Waals surface area contributed by atoms with Crippen LogP contribution < -0.4 is 4.74 Å². The average Bonchev–Trinajstić information content (AvgIpc) is 2.47. The van der Waals surface area contributed by atoms with Gasteiger partial charge in [0.2, 0.25) is 0 Å². The van der Waals surface area contributed by atoms with Crippen molar-refractivity contribution < 1.29 is 18.7 Å². The molecule has 0 saturated carbocycles. The highest BCUT2D eigenvalue weighted by Gasteiger charge is 2.14. The van der Waals surface area contributed by atoms with Crippen LogP contribution in [0.4, 0.5) is 4.39 Å². The molecule has 0 N–H and O–H groups in total. The number of carbonyl (C=O) groups excluding carboxylic acids is 1. The zero-order valence-electron chi connectivity index (χ0n) is 11.1. The minimum atomic E-state index is -0.685. The fourth-order valence-electron chi connectivity index (χ4n) is 1.70. The third kappa shape index (κ3) is 3.57. The lowest BCUT2D eigenvalue weighted by Crippen LogP contribution is -2.07. The number of halogens is 1. The van der Waals surface area contributed by atoms with Gasteiger partial charge in [-0.1, -0.05) is 30.3 Å². The topological polar surface area (TPSA) is 35.5 Å². The van der Waals surface area contributed by atoms with Crippen molar-refractivity contribution in [2.24, 2.45) is 0 Å². The third-order valence-electron chi connectivity index (χ3n) is 2.68. The van der Waals surface area contributed by atoms with Gasteiger partial charge in [0.25, 0.3) is 0 Å². The number of carbonyl (C=O) groups is 1. The summed E-state index contributed by atoms with van der Waals surface area (Å²) in [4.78, 5) is 11.6. The molecule has 0 spiro atoms. The highest BCUT2D eigenvalue weighted by Crippen LogP contribution is 2.19. The first-order valence-corrected chi connectivity index (χ1v) is 6.34. The Morgan fingerprint density at radius 2 is 1.90 bits per heavy atom. The second-order valence-electron chi connectivity index (χ2n) is 4.14. The Kier molecular flexibility index (Phi) is 4.71. The SMILES string of the molecule is CCOC(=O)c1cc(OCc2ccccc2)ccc1F. The second kappa shape index (κ2) is 6.70. The first kappa shape index (κ1) is 14.1. The molecule has 0 aliphatic carbocycles. The van der Waals surface area contributed by atoms with Crippen molar-refractivity contribution in [3.05, 3.63) is 65.5 Å². The van der Waals surface area contributed by atoms with Gasteiger partial charge in [-0.3, -0.25) is 0 Å². The summed E-state index contributed by atoms with van der Waals surface area (Å²) in [5.41, 5.74) is 0.881. The molecule has 0 atom stereocenters. The molecule has 104 valence electrons. The van der Waals surface area contributed by atoms with E-state index in [0.29, 0.717) is 12.4 Å². The van der Waals surface area contributed by atoms with Crippen LogP contribution in [0.25, 0.3) is 0 Å². The zero-order valence-corrected chi connectivity index (χ0v) is 11.1. The van der Waals surface area contributed by atoms with Gasteiger partial charge in [-0.05, 0) is 30.7 Å². The highest BCUT2D eigenvalue weighted by molar-refractivity contribution is 5.90. The molecule has 0 amide bonds. The van der Waals surface area contributed by atoms with E-state index < -0.39 is 11.8 Å². The molecule has 0 aromatic heterocycles. The van der Waals surface area contributed by atoms with Crippen molar-refractivity contribution in [3.63, 3.8) is 0 Å². The summed E-state index contributed by atoms with van der Waals surface area (Å²) in [5, 5.41) is 0. The standard InChI is InChI=1S/C16H15FO3/c1-2-19-16(18)14-10-13(8-9-15(14)17)20-11-12-6-4-3-5-7-12/h3-10H,2,11H2,1H3. The molecule has 0 heterocycles. The molecule has 0 radical (unpaired) electrons. The predicted molar refractivity (Wildman–Crippen MR) is 73.1 cm³/mol. The van der Waals surface area contributed by atoms with Crippen LogP contribution in [0.5, 0.6) is 5.75 Å². The number of rotatable bonds is 5. The molecule has 2 rings (SSSR count). The van der Waals surface area contributed by atoms with E-state index in [1.165, 1.54) is 18.2 Å². The van der Waals surface area contributed by atoms with Crippen molar-refractivity contribution in [2.45, 2.75) is 13.5 Å². The van der Waals surface area contributed by atoms with Crippen LogP contribution in [0.2, 0.25) is 0 Å². The molecule has 4 heteroatoms. The maximum absolute atomic E-state index is 13.6. The predicted octanol–water partition coefficient (Wildman–Crippen LogP) is 3.58. The van der Waals surface area contributed by atoms with Crippen LogP contribution in [0.15, 0.2) is 48.5 Å². The number of esters is 1. The maximum Gasteiger partial charge on any atom is 0.341 e. The molecule has 3 nitrogen and oxygen atoms in total. The van der Waals surface area contributed by atoms with Crippen molar-refractivity contribution in [1.29, 1.82) is 0 Å². The van der Waals surface area contributed by atoms with Crippen LogP contribution in [0, 0.1) is 5.82 Å². The Morgan fingerprint density at radius 1 is 1.15 bits per heavy atom. The number of hydrogen-bond donors (Lipinski definition) is 0. The summed E-state index contributed by atoms with van der Waals surface area (Å²) in [6.45, 7) is 2.23. The molecule has 2 aromatic carbocycles. The Labute approximate surface area is 117 Å². The lowest BCUT2D eigenvalue weighted by Gasteiger charge is -2.08. The fourth-order valence-corrected chi connectivity index (χ4v) is 1.70. The Morgan fingerprint density at radius 3 is 2.60 bits per heavy atom. The summed E-state index contributed by atoms with van der Waals surface area (Å²) in [6.07, 6.45) is 0. The van der Waals surface area contributed by atoms with Crippen LogP contribution in [-0.2, 0) is 11.3 Å². The van der Waals surface area contributed by atoms with E-state index in [1.54, 1.807) is 6.92 Å². The van der Waals surface area contributed by atoms with Gasteiger partial charge in [-0.25, -0.2) is 9.18 Å². The lowest BCUT2D eigenvalue weighted by atomic mass is 10.2. The molecule has 0 fully saturated rings. The van der Waals surface area contributed by atoms with E-state index in [4.69, 9.17) is 9.47 Å². The van der Waals surface area contributed by atoms with Gasteiger partial charge in [-0.15, -0.1) is 0 Å².